The molecule has 0 heterocycles. The minimum atomic E-state index is 0. The quantitative estimate of drug-likeness (QED) is 0.171. The van der Waals surface area contributed by atoms with E-state index in [9.17, 15) is 0 Å². The van der Waals surface area contributed by atoms with Crippen LogP contribution in [-0.4, -0.2) is 6.88 Å². The Balaban J connectivity index is 0.000000797. The van der Waals surface area contributed by atoms with Crippen molar-refractivity contribution in [3.63, 3.8) is 0 Å². The Morgan fingerprint density at radius 2 is 1.00 bits per heavy atom. The van der Waals surface area contributed by atoms with Crippen molar-refractivity contribution in [2.45, 2.75) is 25.7 Å². The first-order chi connectivity index (χ1) is 15.2. The van der Waals surface area contributed by atoms with Gasteiger partial charge in [-0.2, -0.15) is 0 Å². The molecule has 0 saturated carbocycles. The Morgan fingerprint density at radius 3 is 1.41 bits per heavy atom. The Kier molecular flexibility index (Phi) is 9.90. The molecule has 0 fully saturated rings. The average Bonchev–Trinajstić information content (AvgIpc) is 3.31. The molecule has 0 saturated heterocycles. The molecular formula is C31H30ClSiZr-3. The van der Waals surface area contributed by atoms with E-state index in [4.69, 9.17) is 0 Å². The molecule has 3 heteroatoms. The Bertz CT molecular complexity index is 1280. The summed E-state index contributed by atoms with van der Waals surface area (Å²) in [4.78, 5) is 0. The maximum atomic E-state index is 3.06. The van der Waals surface area contributed by atoms with Crippen molar-refractivity contribution in [3.8, 4) is 0 Å². The molecule has 2 radical (unpaired) electrons. The van der Waals surface area contributed by atoms with Crippen LogP contribution in [0.1, 0.15) is 47.9 Å². The van der Waals surface area contributed by atoms with Gasteiger partial charge in [0.2, 0.25) is 0 Å². The van der Waals surface area contributed by atoms with E-state index in [0.717, 1.165) is 0 Å². The molecule has 0 amide bonds. The summed E-state index contributed by atoms with van der Waals surface area (Å²) in [6, 6.07) is 26.7. The summed E-state index contributed by atoms with van der Waals surface area (Å²) in [5, 5.41) is 5.43. The number of rotatable bonds is 2. The van der Waals surface area contributed by atoms with E-state index in [1.54, 1.807) is 0 Å². The Morgan fingerprint density at radius 1 is 0.618 bits per heavy atom. The zero-order valence-corrected chi connectivity index (χ0v) is 24.5. The van der Waals surface area contributed by atoms with Gasteiger partial charge in [-0.1, -0.05) is 107 Å². The number of allylic oxidation sites excluding steroid dienone is 2. The summed E-state index contributed by atoms with van der Waals surface area (Å²) in [5.41, 5.74) is 8.58. The van der Waals surface area contributed by atoms with E-state index in [2.05, 4.69) is 112 Å². The first kappa shape index (κ1) is 28.5. The van der Waals surface area contributed by atoms with Crippen LogP contribution in [0.15, 0.2) is 83.9 Å². The fourth-order valence-corrected chi connectivity index (χ4v) is 5.38. The van der Waals surface area contributed by atoms with E-state index in [1.165, 1.54) is 78.3 Å². The summed E-state index contributed by atoms with van der Waals surface area (Å²) in [5.74, 6) is 0.712. The van der Waals surface area contributed by atoms with Gasteiger partial charge in [0.25, 0.3) is 0 Å². The topological polar surface area (TPSA) is 0 Å². The van der Waals surface area contributed by atoms with Crippen molar-refractivity contribution in [1.29, 1.82) is 0 Å². The van der Waals surface area contributed by atoms with Crippen LogP contribution in [0.5, 0.6) is 0 Å². The van der Waals surface area contributed by atoms with Crippen molar-refractivity contribution in [2.75, 3.05) is 0 Å². The van der Waals surface area contributed by atoms with Gasteiger partial charge in [-0.25, -0.2) is 0 Å². The summed E-state index contributed by atoms with van der Waals surface area (Å²) < 4.78 is 0. The summed E-state index contributed by atoms with van der Waals surface area (Å²) in [6.45, 7) is 7.63. The molecule has 0 aliphatic heterocycles. The number of benzene rings is 4. The van der Waals surface area contributed by atoms with Crippen LogP contribution in [0.4, 0.5) is 0 Å². The Hall–Kier alpha value is -1.73. The molecule has 2 atom stereocenters. The van der Waals surface area contributed by atoms with E-state index >= 15 is 0 Å². The summed E-state index contributed by atoms with van der Waals surface area (Å²) in [6.07, 6.45) is 7.34. The van der Waals surface area contributed by atoms with E-state index in [1.807, 2.05) is 0 Å². The van der Waals surface area contributed by atoms with Crippen molar-refractivity contribution < 1.29 is 23.3 Å². The molecule has 0 nitrogen and oxygen atoms in total. The number of fused-ring (bicyclic) bond motifs is 6. The van der Waals surface area contributed by atoms with E-state index < -0.39 is 0 Å². The van der Waals surface area contributed by atoms with Crippen molar-refractivity contribution in [2.24, 2.45) is 0 Å². The predicted molar refractivity (Wildman–Crippen MR) is 151 cm³/mol. The average molecular weight is 557 g/mol. The number of hydrogen-bond donors (Lipinski definition) is 0. The second kappa shape index (κ2) is 11.8. The number of halogens is 1. The molecule has 4 aromatic carbocycles. The van der Waals surface area contributed by atoms with E-state index in [-0.39, 0.29) is 27.3 Å². The van der Waals surface area contributed by atoms with Crippen LogP contribution >= 0.6 is 12.4 Å². The molecule has 0 N–H and O–H groups in total. The predicted octanol–water partition coefficient (Wildman–Crippen LogP) is 8.84. The molecular weight excluding hydrogens is 527 g/mol. The molecule has 0 spiro atoms. The van der Waals surface area contributed by atoms with Crippen LogP contribution in [0.2, 0.25) is 0 Å². The molecule has 0 aromatic heterocycles. The second-order valence-electron chi connectivity index (χ2n) is 8.50. The third-order valence-electron chi connectivity index (χ3n) is 6.76. The van der Waals surface area contributed by atoms with Gasteiger partial charge >= 0.3 is 30.2 Å². The minimum absolute atomic E-state index is 0. The monoisotopic (exact) mass is 555 g/mol. The molecule has 2 unspecified atom stereocenters. The zero-order chi connectivity index (χ0) is 21.5. The first-order valence-electron chi connectivity index (χ1n) is 10.7. The molecule has 0 bridgehead atoms. The third-order valence-corrected chi connectivity index (χ3v) is 6.76. The van der Waals surface area contributed by atoms with Gasteiger partial charge < -0.3 is 21.3 Å². The van der Waals surface area contributed by atoms with Crippen LogP contribution in [0, 0.1) is 21.3 Å². The van der Waals surface area contributed by atoms with Gasteiger partial charge in [0.15, 0.2) is 0 Å². The van der Waals surface area contributed by atoms with Gasteiger partial charge in [0.05, 0.1) is 0 Å². The maximum absolute atomic E-state index is 3.06. The van der Waals surface area contributed by atoms with Crippen LogP contribution < -0.4 is 0 Å². The fourth-order valence-electron chi connectivity index (χ4n) is 5.38. The molecule has 172 valence electrons. The fraction of sp³-hybridized carbons (Fsp3) is 0.129. The van der Waals surface area contributed by atoms with E-state index in [0.29, 0.717) is 11.8 Å². The molecule has 2 aliphatic rings. The van der Waals surface area contributed by atoms with Gasteiger partial charge in [-0.3, -0.25) is 0 Å². The normalized spacial score (nSPS) is 17.1. The zero-order valence-electron chi connectivity index (χ0n) is 20.2. The van der Waals surface area contributed by atoms with Crippen molar-refractivity contribution >= 4 is 53.0 Å². The molecule has 4 aromatic rings. The Labute approximate surface area is 228 Å². The van der Waals surface area contributed by atoms with Gasteiger partial charge in [-0.15, -0.1) is 24.2 Å². The number of hydrogen-bond acceptors (Lipinski definition) is 0. The standard InChI is InChI=1S/C29H23.2CH3.ClH.Si.Zr/c1-18-15-22-13-11-20-7-3-5-9-24(20)28(22)26(18)17-27-19(2)16-23-14-12-21-8-4-6-10-25(21)29(23)27;;;;;/h3-17,26-27H,1-2H3;2*1H3;1H;;/q3*-1;;;. The molecule has 2 aliphatic carbocycles. The first-order valence-corrected chi connectivity index (χ1v) is 14.9. The van der Waals surface area contributed by atoms with Gasteiger partial charge in [0.1, 0.15) is 0 Å². The van der Waals surface area contributed by atoms with Crippen molar-refractivity contribution in [3.05, 3.63) is 127 Å². The van der Waals surface area contributed by atoms with Crippen molar-refractivity contribution in [1.82, 2.24) is 0 Å². The summed E-state index contributed by atoms with van der Waals surface area (Å²) in [7, 11) is 0. The third kappa shape index (κ3) is 4.70. The molecule has 6 rings (SSSR count). The summed E-state index contributed by atoms with van der Waals surface area (Å²) >= 11 is 1.36. The SMILES string of the molecule is CC1=Cc2ccc3ccccc3c2C1[CH-]C1C(C)=Cc2ccc3ccccc3c21.Cl.[CH3-].[CH3-].[Si]=[Zr]. The molecule has 34 heavy (non-hydrogen) atoms. The van der Waals surface area contributed by atoms with Crippen LogP contribution in [0.3, 0.4) is 0 Å². The van der Waals surface area contributed by atoms with Crippen LogP contribution in [-0.2, 0) is 23.3 Å². The second-order valence-corrected chi connectivity index (χ2v) is 8.50. The van der Waals surface area contributed by atoms with Gasteiger partial charge in [0, 0.05) is 0 Å². The van der Waals surface area contributed by atoms with Crippen LogP contribution in [0.25, 0.3) is 33.7 Å². The van der Waals surface area contributed by atoms with Gasteiger partial charge in [-0.05, 0) is 46.5 Å².